The van der Waals surface area contributed by atoms with Gasteiger partial charge in [-0.2, -0.15) is 0 Å². The number of fused-ring (bicyclic) bond motifs is 5. The van der Waals surface area contributed by atoms with Crippen molar-refractivity contribution in [2.45, 2.75) is 29.2 Å². The molecule has 0 amide bonds. The van der Waals surface area contributed by atoms with E-state index in [0.29, 0.717) is 0 Å². The average Bonchev–Trinajstić information content (AvgIpc) is 3.19. The highest BCUT2D eigenvalue weighted by atomic mass is 32.2. The molecule has 2 nitrogen and oxygen atoms in total. The molecule has 0 radical (unpaired) electrons. The molecule has 36 heavy (non-hydrogen) atoms. The molecular formula is C33H26N2S. The fourth-order valence-corrected chi connectivity index (χ4v) is 6.97. The lowest BCUT2D eigenvalue weighted by atomic mass is 9.90. The van der Waals surface area contributed by atoms with Gasteiger partial charge in [-0.25, -0.2) is 0 Å². The SMILES string of the molecule is CC1(C)c2ccccc2Sc2ccccc2N1c1ccc2c(c1)c1ccccc1n2-c1ccccc1. The Labute approximate surface area is 215 Å². The highest BCUT2D eigenvalue weighted by Gasteiger charge is 2.36. The highest BCUT2D eigenvalue weighted by Crippen LogP contribution is 2.51. The summed E-state index contributed by atoms with van der Waals surface area (Å²) in [6.45, 7) is 4.68. The third-order valence-corrected chi connectivity index (χ3v) is 8.50. The zero-order chi connectivity index (χ0) is 24.3. The van der Waals surface area contributed by atoms with Gasteiger partial charge in [-0.15, -0.1) is 0 Å². The van der Waals surface area contributed by atoms with Crippen molar-refractivity contribution >= 4 is 44.9 Å². The van der Waals surface area contributed by atoms with E-state index in [-0.39, 0.29) is 5.54 Å². The Morgan fingerprint density at radius 2 is 1.22 bits per heavy atom. The molecule has 0 atom stereocenters. The molecule has 0 aliphatic carbocycles. The maximum atomic E-state index is 2.52. The Hall–Kier alpha value is -3.95. The standard InChI is InChI=1S/C33H26N2S/c1-33(2)27-15-7-10-18-31(27)36-32-19-11-9-17-30(32)35(33)24-20-21-29-26(22-24)25-14-6-8-16-28(25)34(29)23-12-4-3-5-13-23/h3-22H,1-2H3. The summed E-state index contributed by atoms with van der Waals surface area (Å²) < 4.78 is 2.38. The second-order valence-corrected chi connectivity index (χ2v) is 10.9. The van der Waals surface area contributed by atoms with Gasteiger partial charge in [0.2, 0.25) is 0 Å². The van der Waals surface area contributed by atoms with Crippen LogP contribution >= 0.6 is 11.8 Å². The summed E-state index contributed by atoms with van der Waals surface area (Å²) in [6, 6.07) is 44.0. The van der Waals surface area contributed by atoms with Crippen LogP contribution in [0.3, 0.4) is 0 Å². The fourth-order valence-electron chi connectivity index (χ4n) is 5.75. The van der Waals surface area contributed by atoms with E-state index in [2.05, 4.69) is 145 Å². The minimum absolute atomic E-state index is 0.234. The number of nitrogens with zero attached hydrogens (tertiary/aromatic N) is 2. The van der Waals surface area contributed by atoms with Crippen molar-refractivity contribution in [2.24, 2.45) is 0 Å². The summed E-state index contributed by atoms with van der Waals surface area (Å²) in [6.07, 6.45) is 0. The molecule has 174 valence electrons. The van der Waals surface area contributed by atoms with E-state index in [9.17, 15) is 0 Å². The lowest BCUT2D eigenvalue weighted by molar-refractivity contribution is 0.526. The number of rotatable bonds is 2. The molecule has 0 spiro atoms. The normalized spacial score (nSPS) is 14.4. The second kappa shape index (κ2) is 8.04. The van der Waals surface area contributed by atoms with Gasteiger partial charge in [0.25, 0.3) is 0 Å². The van der Waals surface area contributed by atoms with Gasteiger partial charge in [0.15, 0.2) is 0 Å². The van der Waals surface area contributed by atoms with Gasteiger partial charge in [0.05, 0.1) is 22.3 Å². The smallest absolute Gasteiger partial charge is 0.0657 e. The number of anilines is 2. The van der Waals surface area contributed by atoms with Crippen LogP contribution in [0.4, 0.5) is 11.4 Å². The molecule has 7 rings (SSSR count). The van der Waals surface area contributed by atoms with E-state index in [0.717, 1.165) is 0 Å². The Morgan fingerprint density at radius 1 is 0.556 bits per heavy atom. The molecule has 1 aliphatic heterocycles. The summed E-state index contributed by atoms with van der Waals surface area (Å²) in [5, 5.41) is 2.54. The monoisotopic (exact) mass is 482 g/mol. The summed E-state index contributed by atoms with van der Waals surface area (Å²) in [5.74, 6) is 0. The number of aromatic nitrogens is 1. The lowest BCUT2D eigenvalue weighted by Gasteiger charge is -2.40. The molecule has 0 saturated carbocycles. The van der Waals surface area contributed by atoms with E-state index in [1.54, 1.807) is 0 Å². The number of para-hydroxylation sites is 3. The largest absolute Gasteiger partial charge is 0.331 e. The Morgan fingerprint density at radius 3 is 2.08 bits per heavy atom. The predicted octanol–water partition coefficient (Wildman–Crippen LogP) is 9.32. The fraction of sp³-hybridized carbons (Fsp3) is 0.0909. The first-order valence-electron chi connectivity index (χ1n) is 12.4. The van der Waals surface area contributed by atoms with Crippen molar-refractivity contribution in [1.29, 1.82) is 0 Å². The third-order valence-electron chi connectivity index (χ3n) is 7.36. The summed E-state index contributed by atoms with van der Waals surface area (Å²) in [7, 11) is 0. The minimum Gasteiger partial charge on any atom is -0.331 e. The van der Waals surface area contributed by atoms with Crippen molar-refractivity contribution in [2.75, 3.05) is 4.90 Å². The van der Waals surface area contributed by atoms with Crippen LogP contribution in [0.15, 0.2) is 131 Å². The summed E-state index contributed by atoms with van der Waals surface area (Å²) in [4.78, 5) is 5.12. The van der Waals surface area contributed by atoms with E-state index in [1.807, 2.05) is 11.8 Å². The van der Waals surface area contributed by atoms with Gasteiger partial charge in [-0.3, -0.25) is 0 Å². The van der Waals surface area contributed by atoms with E-state index < -0.39 is 0 Å². The van der Waals surface area contributed by atoms with Crippen LogP contribution in [-0.4, -0.2) is 4.57 Å². The molecule has 0 saturated heterocycles. The van der Waals surface area contributed by atoms with Crippen molar-refractivity contribution in [3.8, 4) is 5.69 Å². The molecule has 0 fully saturated rings. The Kier molecular flexibility index (Phi) is 4.77. The molecule has 6 aromatic rings. The van der Waals surface area contributed by atoms with Gasteiger partial charge in [-0.05, 0) is 74.0 Å². The molecule has 3 heteroatoms. The van der Waals surface area contributed by atoms with Gasteiger partial charge in [0, 0.05) is 31.9 Å². The number of benzene rings is 5. The topological polar surface area (TPSA) is 8.17 Å². The predicted molar refractivity (Wildman–Crippen MR) is 153 cm³/mol. The van der Waals surface area contributed by atoms with Gasteiger partial charge in [-0.1, -0.05) is 78.5 Å². The third kappa shape index (κ3) is 3.13. The summed E-state index contributed by atoms with van der Waals surface area (Å²) in [5.41, 5.74) is 7.19. The van der Waals surface area contributed by atoms with Crippen LogP contribution in [0.5, 0.6) is 0 Å². The second-order valence-electron chi connectivity index (χ2n) is 9.85. The molecule has 0 N–H and O–H groups in total. The summed E-state index contributed by atoms with van der Waals surface area (Å²) >= 11 is 1.87. The Balaban J connectivity index is 1.52. The first-order valence-corrected chi connectivity index (χ1v) is 13.2. The van der Waals surface area contributed by atoms with Crippen LogP contribution in [0.25, 0.3) is 27.5 Å². The molecule has 0 unspecified atom stereocenters. The van der Waals surface area contributed by atoms with Gasteiger partial charge >= 0.3 is 0 Å². The van der Waals surface area contributed by atoms with E-state index >= 15 is 0 Å². The van der Waals surface area contributed by atoms with Crippen LogP contribution in [0.1, 0.15) is 19.4 Å². The zero-order valence-electron chi connectivity index (χ0n) is 20.3. The highest BCUT2D eigenvalue weighted by molar-refractivity contribution is 7.99. The lowest BCUT2D eigenvalue weighted by Crippen LogP contribution is -2.38. The molecule has 2 heterocycles. The molecule has 1 aromatic heterocycles. The molecule has 1 aliphatic rings. The van der Waals surface area contributed by atoms with Gasteiger partial charge in [0.1, 0.15) is 0 Å². The van der Waals surface area contributed by atoms with Crippen molar-refractivity contribution < 1.29 is 0 Å². The quantitative estimate of drug-likeness (QED) is 0.243. The first kappa shape index (κ1) is 21.3. The van der Waals surface area contributed by atoms with Crippen LogP contribution in [0.2, 0.25) is 0 Å². The van der Waals surface area contributed by atoms with E-state index in [4.69, 9.17) is 0 Å². The van der Waals surface area contributed by atoms with E-state index in [1.165, 1.54) is 54.2 Å². The molecule has 0 bridgehead atoms. The van der Waals surface area contributed by atoms with Crippen molar-refractivity contribution in [3.63, 3.8) is 0 Å². The van der Waals surface area contributed by atoms with Crippen molar-refractivity contribution in [3.05, 3.63) is 127 Å². The molecular weight excluding hydrogens is 456 g/mol. The van der Waals surface area contributed by atoms with Gasteiger partial charge < -0.3 is 9.47 Å². The maximum Gasteiger partial charge on any atom is 0.0657 e. The number of hydrogen-bond acceptors (Lipinski definition) is 2. The minimum atomic E-state index is -0.234. The van der Waals surface area contributed by atoms with Crippen molar-refractivity contribution in [1.82, 2.24) is 4.57 Å². The maximum absolute atomic E-state index is 2.52. The zero-order valence-corrected chi connectivity index (χ0v) is 21.2. The van der Waals surface area contributed by atoms with Crippen LogP contribution in [-0.2, 0) is 5.54 Å². The first-order chi connectivity index (χ1) is 17.6. The Bertz CT molecular complexity index is 1750. The molecule has 5 aromatic carbocycles. The van der Waals surface area contributed by atoms with Crippen LogP contribution < -0.4 is 4.90 Å². The average molecular weight is 483 g/mol. The number of hydrogen-bond donors (Lipinski definition) is 0. The van der Waals surface area contributed by atoms with Crippen LogP contribution in [0, 0.1) is 0 Å².